The Kier molecular flexibility index (Phi) is 3.46. The number of H-pyrrole nitrogens is 2. The quantitative estimate of drug-likeness (QED) is 0.653. The number of para-hydroxylation sites is 1. The third kappa shape index (κ3) is 2.66. The van der Waals surface area contributed by atoms with Gasteiger partial charge in [-0.3, -0.25) is 14.7 Å². The molecule has 0 atom stereocenters. The van der Waals surface area contributed by atoms with E-state index in [9.17, 15) is 9.59 Å². The van der Waals surface area contributed by atoms with E-state index in [4.69, 9.17) is 0 Å². The number of aromatic nitrogens is 4. The van der Waals surface area contributed by atoms with Crippen molar-refractivity contribution in [3.63, 3.8) is 0 Å². The number of benzene rings is 1. The van der Waals surface area contributed by atoms with Crippen molar-refractivity contribution in [2.75, 3.05) is 6.54 Å². The fraction of sp³-hybridized carbons (Fsp3) is 0.143. The Labute approximate surface area is 119 Å². The molecule has 2 heterocycles. The number of fused-ring (bicyclic) bond motifs is 1. The second-order valence-corrected chi connectivity index (χ2v) is 4.52. The number of carbonyl (C=O) groups excluding carboxylic acids is 1. The average molecular weight is 283 g/mol. The number of hydrogen-bond acceptors (Lipinski definition) is 4. The van der Waals surface area contributed by atoms with Crippen LogP contribution in [0.5, 0.6) is 0 Å². The van der Waals surface area contributed by atoms with Crippen molar-refractivity contribution in [1.29, 1.82) is 0 Å². The number of nitrogens with one attached hydrogen (secondary N) is 3. The number of nitrogens with zero attached hydrogens (tertiary/aromatic N) is 2. The molecular formula is C14H13N5O2. The molecule has 3 N–H and O–H groups in total. The number of hydrogen-bond donors (Lipinski definition) is 3. The van der Waals surface area contributed by atoms with E-state index in [2.05, 4.69) is 25.5 Å². The molecule has 7 nitrogen and oxygen atoms in total. The molecule has 0 aliphatic rings. The number of pyridine rings is 1. The summed E-state index contributed by atoms with van der Waals surface area (Å²) in [7, 11) is 0. The van der Waals surface area contributed by atoms with Crippen molar-refractivity contribution in [1.82, 2.24) is 25.5 Å². The van der Waals surface area contributed by atoms with Crippen molar-refractivity contribution in [3.8, 4) is 0 Å². The molecule has 0 aliphatic heterocycles. The molecule has 0 radical (unpaired) electrons. The first kappa shape index (κ1) is 13.0. The zero-order valence-corrected chi connectivity index (χ0v) is 11.1. The minimum Gasteiger partial charge on any atom is -0.360 e. The smallest absolute Gasteiger partial charge is 0.256 e. The maximum absolute atomic E-state index is 12.3. The predicted molar refractivity (Wildman–Crippen MR) is 77.0 cm³/mol. The average Bonchev–Trinajstić information content (AvgIpc) is 3.01. The zero-order valence-electron chi connectivity index (χ0n) is 11.1. The first-order valence-corrected chi connectivity index (χ1v) is 6.48. The van der Waals surface area contributed by atoms with Crippen LogP contribution in [0.15, 0.2) is 41.6 Å². The first-order valence-electron chi connectivity index (χ1n) is 6.48. The number of rotatable bonds is 4. The third-order valence-electron chi connectivity index (χ3n) is 3.15. The van der Waals surface area contributed by atoms with E-state index in [1.54, 1.807) is 18.2 Å². The molecule has 0 fully saturated rings. The van der Waals surface area contributed by atoms with Crippen molar-refractivity contribution < 1.29 is 4.79 Å². The van der Waals surface area contributed by atoms with Gasteiger partial charge in [-0.15, -0.1) is 0 Å². The van der Waals surface area contributed by atoms with E-state index in [1.165, 1.54) is 12.5 Å². The van der Waals surface area contributed by atoms with Gasteiger partial charge in [0.25, 0.3) is 5.91 Å². The van der Waals surface area contributed by atoms with Gasteiger partial charge in [0.2, 0.25) is 5.43 Å². The van der Waals surface area contributed by atoms with Gasteiger partial charge >= 0.3 is 0 Å². The summed E-state index contributed by atoms with van der Waals surface area (Å²) < 4.78 is 0. The van der Waals surface area contributed by atoms with E-state index in [0.717, 1.165) is 0 Å². The van der Waals surface area contributed by atoms with Gasteiger partial charge in [-0.25, -0.2) is 4.98 Å². The minimum absolute atomic E-state index is 0.103. The molecule has 0 unspecified atom stereocenters. The van der Waals surface area contributed by atoms with E-state index in [0.29, 0.717) is 29.7 Å². The van der Waals surface area contributed by atoms with Crippen molar-refractivity contribution in [2.45, 2.75) is 6.42 Å². The second kappa shape index (κ2) is 5.58. The Morgan fingerprint density at radius 3 is 2.95 bits per heavy atom. The molecule has 0 saturated heterocycles. The summed E-state index contributed by atoms with van der Waals surface area (Å²) in [5.41, 5.74) is 0.536. The lowest BCUT2D eigenvalue weighted by atomic mass is 10.1. The summed E-state index contributed by atoms with van der Waals surface area (Å²) >= 11 is 0. The Morgan fingerprint density at radius 2 is 2.14 bits per heavy atom. The standard InChI is InChI=1S/C14H13N5O2/c20-13-9-3-1-2-4-11(9)16-7-10(13)14(21)15-6-5-12-17-8-18-19-12/h1-4,7-8H,5-6H2,(H,15,21)(H,16,20)(H,17,18,19). The van der Waals surface area contributed by atoms with Crippen LogP contribution in [-0.2, 0) is 6.42 Å². The number of aromatic amines is 2. The molecular weight excluding hydrogens is 270 g/mol. The molecule has 1 aromatic carbocycles. The lowest BCUT2D eigenvalue weighted by molar-refractivity contribution is 0.0953. The van der Waals surface area contributed by atoms with E-state index in [1.807, 2.05) is 6.07 Å². The molecule has 3 aromatic rings. The van der Waals surface area contributed by atoms with Crippen LogP contribution in [0, 0.1) is 0 Å². The molecule has 0 spiro atoms. The highest BCUT2D eigenvalue weighted by Gasteiger charge is 2.12. The van der Waals surface area contributed by atoms with E-state index >= 15 is 0 Å². The first-order chi connectivity index (χ1) is 10.3. The molecule has 7 heteroatoms. The maximum Gasteiger partial charge on any atom is 0.256 e. The molecule has 2 aromatic heterocycles. The molecule has 21 heavy (non-hydrogen) atoms. The lowest BCUT2D eigenvalue weighted by Gasteiger charge is -2.05. The molecule has 1 amide bonds. The number of amides is 1. The van der Waals surface area contributed by atoms with Crippen LogP contribution < -0.4 is 10.7 Å². The third-order valence-corrected chi connectivity index (χ3v) is 3.15. The van der Waals surface area contributed by atoms with E-state index in [-0.39, 0.29) is 11.0 Å². The Balaban J connectivity index is 1.75. The largest absolute Gasteiger partial charge is 0.360 e. The fourth-order valence-corrected chi connectivity index (χ4v) is 2.08. The monoisotopic (exact) mass is 283 g/mol. The fourth-order valence-electron chi connectivity index (χ4n) is 2.08. The molecule has 106 valence electrons. The minimum atomic E-state index is -0.401. The Morgan fingerprint density at radius 1 is 1.29 bits per heavy atom. The highest BCUT2D eigenvalue weighted by atomic mass is 16.2. The summed E-state index contributed by atoms with van der Waals surface area (Å²) in [6.45, 7) is 0.375. The molecule has 3 rings (SSSR count). The van der Waals surface area contributed by atoms with Crippen LogP contribution >= 0.6 is 0 Å². The lowest BCUT2D eigenvalue weighted by Crippen LogP contribution is -2.30. The molecule has 0 aliphatic carbocycles. The second-order valence-electron chi connectivity index (χ2n) is 4.52. The van der Waals surface area contributed by atoms with Crippen LogP contribution in [0.4, 0.5) is 0 Å². The summed E-state index contributed by atoms with van der Waals surface area (Å²) in [5, 5.41) is 9.62. The van der Waals surface area contributed by atoms with Gasteiger partial charge in [0.15, 0.2) is 0 Å². The Hall–Kier alpha value is -2.96. The predicted octanol–water partition coefficient (Wildman–Crippen LogP) is 0.619. The highest BCUT2D eigenvalue weighted by molar-refractivity contribution is 5.97. The van der Waals surface area contributed by atoms with Crippen LogP contribution in [-0.4, -0.2) is 32.6 Å². The van der Waals surface area contributed by atoms with Crippen molar-refractivity contribution >= 4 is 16.8 Å². The van der Waals surface area contributed by atoms with Gasteiger partial charge in [-0.2, -0.15) is 5.10 Å². The van der Waals surface area contributed by atoms with Gasteiger partial charge in [0.1, 0.15) is 17.7 Å². The molecule has 0 bridgehead atoms. The van der Waals surface area contributed by atoms with Crippen LogP contribution in [0.2, 0.25) is 0 Å². The summed E-state index contributed by atoms with van der Waals surface area (Å²) in [5.74, 6) is 0.282. The van der Waals surface area contributed by atoms with Gasteiger partial charge in [0.05, 0.1) is 0 Å². The van der Waals surface area contributed by atoms with Crippen molar-refractivity contribution in [2.24, 2.45) is 0 Å². The van der Waals surface area contributed by atoms with Crippen LogP contribution in [0.1, 0.15) is 16.2 Å². The van der Waals surface area contributed by atoms with Crippen LogP contribution in [0.3, 0.4) is 0 Å². The zero-order chi connectivity index (χ0) is 14.7. The summed E-state index contributed by atoms with van der Waals surface area (Å²) in [4.78, 5) is 31.2. The summed E-state index contributed by atoms with van der Waals surface area (Å²) in [6, 6.07) is 7.08. The SMILES string of the molecule is O=C(NCCc1ncn[nH]1)c1c[nH]c2ccccc2c1=O. The summed E-state index contributed by atoms with van der Waals surface area (Å²) in [6.07, 6.45) is 3.37. The topological polar surface area (TPSA) is 104 Å². The van der Waals surface area contributed by atoms with Crippen LogP contribution in [0.25, 0.3) is 10.9 Å². The maximum atomic E-state index is 12.3. The van der Waals surface area contributed by atoms with Gasteiger partial charge in [-0.1, -0.05) is 12.1 Å². The van der Waals surface area contributed by atoms with Gasteiger partial charge in [0, 0.05) is 30.1 Å². The highest BCUT2D eigenvalue weighted by Crippen LogP contribution is 2.06. The number of carbonyl (C=O) groups is 1. The van der Waals surface area contributed by atoms with Gasteiger partial charge in [-0.05, 0) is 12.1 Å². The van der Waals surface area contributed by atoms with E-state index < -0.39 is 5.91 Å². The van der Waals surface area contributed by atoms with Crippen molar-refractivity contribution in [3.05, 3.63) is 58.4 Å². The Bertz CT molecular complexity index is 823. The van der Waals surface area contributed by atoms with Gasteiger partial charge < -0.3 is 10.3 Å². The molecule has 0 saturated carbocycles. The normalized spacial score (nSPS) is 10.7.